The molecule has 0 unspecified atom stereocenters. The first-order chi connectivity index (χ1) is 14.2. The lowest BCUT2D eigenvalue weighted by Gasteiger charge is -2.32. The second kappa shape index (κ2) is 8.02. The predicted molar refractivity (Wildman–Crippen MR) is 83.3 cm³/mol. The number of aromatic nitrogens is 1. The minimum Gasteiger partial charge on any atom is -0.354 e. The molecular weight excluding hydrogens is 501 g/mol. The van der Waals surface area contributed by atoms with Crippen LogP contribution in [-0.4, -0.2) is 35.1 Å². The van der Waals surface area contributed by atoms with Gasteiger partial charge in [-0.25, -0.2) is 4.39 Å². The molecule has 0 saturated carbocycles. The number of nitrogens with zero attached hydrogens (tertiary/aromatic N) is 1. The maximum atomic E-state index is 14.2. The van der Waals surface area contributed by atoms with Crippen molar-refractivity contribution in [1.82, 2.24) is 5.16 Å². The SMILES string of the molecule is Cc1cc(F)c(-c2cc(C(F)(F)C(F)(F)C(F)(F)C(F)(F)F)on2)cc1SCC(F)(F)F. The molecule has 1 aromatic carbocycles. The van der Waals surface area contributed by atoms with Crippen molar-refractivity contribution in [2.45, 2.75) is 41.9 Å². The molecule has 1 heterocycles. The lowest BCUT2D eigenvalue weighted by molar-refractivity contribution is -0.401. The highest BCUT2D eigenvalue weighted by atomic mass is 32.2. The van der Waals surface area contributed by atoms with Crippen molar-refractivity contribution >= 4 is 11.8 Å². The van der Waals surface area contributed by atoms with Gasteiger partial charge in [-0.2, -0.15) is 52.7 Å². The summed E-state index contributed by atoms with van der Waals surface area (Å²) in [6, 6.07) is 1.10. The molecule has 32 heavy (non-hydrogen) atoms. The second-order valence-electron chi connectivity index (χ2n) is 6.30. The highest BCUT2D eigenvalue weighted by molar-refractivity contribution is 7.99. The summed E-state index contributed by atoms with van der Waals surface area (Å²) < 4.78 is 172. The molecule has 0 bridgehead atoms. The van der Waals surface area contributed by atoms with Crippen LogP contribution in [-0.2, 0) is 5.92 Å². The van der Waals surface area contributed by atoms with Gasteiger partial charge in [-0.05, 0) is 24.6 Å². The van der Waals surface area contributed by atoms with Crippen LogP contribution in [0.5, 0.6) is 0 Å². The zero-order chi connectivity index (χ0) is 24.9. The van der Waals surface area contributed by atoms with Crippen molar-refractivity contribution in [3.63, 3.8) is 0 Å². The van der Waals surface area contributed by atoms with Crippen LogP contribution in [0, 0.1) is 12.7 Å². The molecule has 0 aliphatic carbocycles. The number of alkyl halides is 12. The van der Waals surface area contributed by atoms with Crippen LogP contribution in [0.3, 0.4) is 0 Å². The third kappa shape index (κ3) is 4.64. The van der Waals surface area contributed by atoms with E-state index in [1.54, 1.807) is 0 Å². The Labute approximate surface area is 173 Å². The molecule has 2 aromatic rings. The standard InChI is InChI=1S/C16H8F13NOS/c1-6-2-8(17)7(3-10(6)32-5-12(18,19)20)9-4-11(31-30-9)13(21,22)14(23,24)15(25,26)16(27,28)29/h2-4H,5H2,1H3. The molecule has 0 amide bonds. The maximum Gasteiger partial charge on any atom is 0.460 e. The molecule has 2 rings (SSSR count). The first kappa shape index (κ1) is 26.1. The minimum atomic E-state index is -7.19. The number of halogens is 13. The van der Waals surface area contributed by atoms with Crippen LogP contribution in [0.1, 0.15) is 11.3 Å². The van der Waals surface area contributed by atoms with Gasteiger partial charge in [-0.15, -0.1) is 11.8 Å². The Morgan fingerprint density at radius 3 is 1.91 bits per heavy atom. The quantitative estimate of drug-likeness (QED) is 0.301. The molecule has 0 saturated heterocycles. The fourth-order valence-electron chi connectivity index (χ4n) is 2.24. The van der Waals surface area contributed by atoms with E-state index in [4.69, 9.17) is 0 Å². The summed E-state index contributed by atoms with van der Waals surface area (Å²) in [5, 5.41) is 2.76. The van der Waals surface area contributed by atoms with Gasteiger partial charge in [0, 0.05) is 16.5 Å². The molecule has 0 aliphatic heterocycles. The summed E-state index contributed by atoms with van der Waals surface area (Å²) in [7, 11) is 0. The van der Waals surface area contributed by atoms with Gasteiger partial charge in [0.15, 0.2) is 0 Å². The van der Waals surface area contributed by atoms with Gasteiger partial charge in [-0.1, -0.05) is 5.16 Å². The van der Waals surface area contributed by atoms with E-state index in [2.05, 4.69) is 9.68 Å². The Morgan fingerprint density at radius 1 is 0.844 bits per heavy atom. The fourth-order valence-corrected chi connectivity index (χ4v) is 3.05. The van der Waals surface area contributed by atoms with Gasteiger partial charge in [0.1, 0.15) is 11.5 Å². The Morgan fingerprint density at radius 2 is 1.41 bits per heavy atom. The molecule has 0 atom stereocenters. The Bertz CT molecular complexity index is 977. The van der Waals surface area contributed by atoms with Gasteiger partial charge in [0.25, 0.3) is 0 Å². The van der Waals surface area contributed by atoms with Crippen LogP contribution < -0.4 is 0 Å². The van der Waals surface area contributed by atoms with Crippen molar-refractivity contribution in [3.8, 4) is 11.3 Å². The van der Waals surface area contributed by atoms with Gasteiger partial charge in [0.05, 0.1) is 5.75 Å². The molecule has 0 aliphatic rings. The monoisotopic (exact) mass is 509 g/mol. The smallest absolute Gasteiger partial charge is 0.354 e. The number of thioether (sulfide) groups is 1. The Hall–Kier alpha value is -2.13. The maximum absolute atomic E-state index is 14.2. The van der Waals surface area contributed by atoms with Crippen LogP contribution in [0.4, 0.5) is 57.1 Å². The van der Waals surface area contributed by atoms with Gasteiger partial charge in [-0.3, -0.25) is 0 Å². The number of benzene rings is 1. The zero-order valence-corrected chi connectivity index (χ0v) is 15.9. The summed E-state index contributed by atoms with van der Waals surface area (Å²) in [5.74, 6) is -25.7. The molecule has 1 aromatic heterocycles. The third-order valence-corrected chi connectivity index (χ3v) is 5.12. The van der Waals surface area contributed by atoms with Gasteiger partial charge in [0.2, 0.25) is 5.76 Å². The number of hydrogen-bond donors (Lipinski definition) is 0. The molecular formula is C16H8F13NOS. The lowest BCUT2D eigenvalue weighted by Crippen LogP contribution is -2.59. The Kier molecular flexibility index (Phi) is 6.55. The Balaban J connectivity index is 2.48. The highest BCUT2D eigenvalue weighted by Gasteiger charge is 2.83. The van der Waals surface area contributed by atoms with E-state index in [0.29, 0.717) is 12.1 Å². The molecule has 0 fully saturated rings. The van der Waals surface area contributed by atoms with Crippen molar-refractivity contribution < 1.29 is 61.6 Å². The molecule has 16 heteroatoms. The third-order valence-electron chi connectivity index (χ3n) is 3.90. The molecule has 2 nitrogen and oxygen atoms in total. The largest absolute Gasteiger partial charge is 0.460 e. The normalized spacial score (nSPS) is 14.2. The van der Waals surface area contributed by atoms with Crippen LogP contribution in [0.25, 0.3) is 11.3 Å². The average Bonchev–Trinajstić information content (AvgIpc) is 3.09. The topological polar surface area (TPSA) is 26.0 Å². The summed E-state index contributed by atoms with van der Waals surface area (Å²) in [6.45, 7) is 1.19. The second-order valence-corrected chi connectivity index (χ2v) is 7.32. The van der Waals surface area contributed by atoms with E-state index in [9.17, 15) is 57.1 Å². The first-order valence-corrected chi connectivity index (χ1v) is 8.88. The van der Waals surface area contributed by atoms with Gasteiger partial charge >= 0.3 is 30.1 Å². The van der Waals surface area contributed by atoms with Crippen LogP contribution in [0.15, 0.2) is 27.6 Å². The summed E-state index contributed by atoms with van der Waals surface area (Å²) in [5.41, 5.74) is -1.94. The van der Waals surface area contributed by atoms with Crippen molar-refractivity contribution in [1.29, 1.82) is 0 Å². The fraction of sp³-hybridized carbons (Fsp3) is 0.438. The summed E-state index contributed by atoms with van der Waals surface area (Å²) in [6.07, 6.45) is -11.7. The van der Waals surface area contributed by atoms with Crippen molar-refractivity contribution in [2.75, 3.05) is 5.75 Å². The predicted octanol–water partition coefficient (Wildman–Crippen LogP) is 7.37. The van der Waals surface area contributed by atoms with Crippen LogP contribution >= 0.6 is 11.8 Å². The van der Waals surface area contributed by atoms with E-state index in [1.807, 2.05) is 0 Å². The van der Waals surface area contributed by atoms with E-state index in [0.717, 1.165) is 0 Å². The first-order valence-electron chi connectivity index (χ1n) is 7.90. The average molecular weight is 509 g/mol. The van der Waals surface area contributed by atoms with E-state index >= 15 is 0 Å². The number of aryl methyl sites for hydroxylation is 1. The number of rotatable bonds is 6. The van der Waals surface area contributed by atoms with Crippen molar-refractivity contribution in [2.24, 2.45) is 0 Å². The molecule has 0 spiro atoms. The highest BCUT2D eigenvalue weighted by Crippen LogP contribution is 2.56. The number of hydrogen-bond acceptors (Lipinski definition) is 3. The summed E-state index contributed by atoms with van der Waals surface area (Å²) >= 11 is 0.152. The lowest BCUT2D eigenvalue weighted by atomic mass is 10.0. The molecule has 0 radical (unpaired) electrons. The molecule has 0 N–H and O–H groups in total. The molecule has 180 valence electrons. The zero-order valence-electron chi connectivity index (χ0n) is 15.1. The van der Waals surface area contributed by atoms with Gasteiger partial charge < -0.3 is 4.52 Å². The van der Waals surface area contributed by atoms with Crippen molar-refractivity contribution in [3.05, 3.63) is 35.3 Å². The van der Waals surface area contributed by atoms with Crippen LogP contribution in [0.2, 0.25) is 0 Å². The van der Waals surface area contributed by atoms with E-state index < -0.39 is 58.7 Å². The summed E-state index contributed by atoms with van der Waals surface area (Å²) in [4.78, 5) is -0.232. The minimum absolute atomic E-state index is 0.0362. The van der Waals surface area contributed by atoms with E-state index in [1.165, 1.54) is 6.92 Å². The van der Waals surface area contributed by atoms with E-state index in [-0.39, 0.29) is 28.3 Å².